The molecule has 2 aliphatic heterocycles. The summed E-state index contributed by atoms with van der Waals surface area (Å²) < 4.78 is 0. The van der Waals surface area contributed by atoms with Gasteiger partial charge in [-0.25, -0.2) is 0 Å². The average molecular weight is 347 g/mol. The fourth-order valence-corrected chi connectivity index (χ4v) is 4.98. The van der Waals surface area contributed by atoms with Crippen LogP contribution in [0.1, 0.15) is 30.9 Å². The number of hydrogen-bond donors (Lipinski definition) is 1. The van der Waals surface area contributed by atoms with Crippen molar-refractivity contribution in [2.75, 3.05) is 25.2 Å². The van der Waals surface area contributed by atoms with Crippen LogP contribution in [-0.2, 0) is 16.1 Å². The number of aryl methyl sites for hydroxylation is 1. The molecule has 1 N–H and O–H groups in total. The van der Waals surface area contributed by atoms with Gasteiger partial charge in [-0.15, -0.1) is 11.8 Å². The Kier molecular flexibility index (Phi) is 4.62. The minimum Gasteiger partial charge on any atom is -0.324 e. The van der Waals surface area contributed by atoms with Crippen molar-refractivity contribution in [1.29, 1.82) is 0 Å². The average Bonchev–Trinajstić information content (AvgIpc) is 2.98. The summed E-state index contributed by atoms with van der Waals surface area (Å²) in [5.41, 5.74) is 3.10. The number of hydrogen-bond acceptors (Lipinski definition) is 4. The molecule has 2 heterocycles. The highest BCUT2D eigenvalue weighted by molar-refractivity contribution is 8.01. The summed E-state index contributed by atoms with van der Waals surface area (Å²) in [6.45, 7) is 4.88. The molecule has 2 saturated heterocycles. The number of carbonyl (C=O) groups excluding carboxylic acids is 2. The van der Waals surface area contributed by atoms with Crippen molar-refractivity contribution >= 4 is 29.3 Å². The maximum atomic E-state index is 12.8. The lowest BCUT2D eigenvalue weighted by Gasteiger charge is -2.30. The number of nitrogens with one attached hydrogen (secondary N) is 1. The van der Waals surface area contributed by atoms with Gasteiger partial charge in [0.2, 0.25) is 11.8 Å². The van der Waals surface area contributed by atoms with E-state index >= 15 is 0 Å². The van der Waals surface area contributed by atoms with Gasteiger partial charge in [0, 0.05) is 24.4 Å². The van der Waals surface area contributed by atoms with Crippen LogP contribution < -0.4 is 5.32 Å². The van der Waals surface area contributed by atoms with Crippen LogP contribution in [0.15, 0.2) is 18.2 Å². The molecular formula is C18H25N3O2S. The van der Waals surface area contributed by atoms with Crippen molar-refractivity contribution in [3.63, 3.8) is 0 Å². The molecule has 130 valence electrons. The molecule has 5 nitrogen and oxygen atoms in total. The lowest BCUT2D eigenvalue weighted by molar-refractivity contribution is -0.135. The third-order valence-corrected chi connectivity index (χ3v) is 6.26. The Balaban J connectivity index is 1.79. The third-order valence-electron chi connectivity index (χ3n) is 4.75. The SMILES string of the molecule is Cc1ccc(NC(=O)C2CSC3(C)CCC(=O)N23)c(CN(C)C)c1. The van der Waals surface area contributed by atoms with Crippen molar-refractivity contribution in [3.05, 3.63) is 29.3 Å². The maximum Gasteiger partial charge on any atom is 0.248 e. The number of amides is 2. The summed E-state index contributed by atoms with van der Waals surface area (Å²) in [4.78, 5) is 28.7. The number of fused-ring (bicyclic) bond motifs is 1. The first kappa shape index (κ1) is 17.3. The highest BCUT2D eigenvalue weighted by atomic mass is 32.2. The zero-order valence-corrected chi connectivity index (χ0v) is 15.6. The first-order valence-electron chi connectivity index (χ1n) is 8.31. The van der Waals surface area contributed by atoms with Gasteiger partial charge in [-0.05, 0) is 46.0 Å². The molecule has 0 saturated carbocycles. The van der Waals surface area contributed by atoms with E-state index in [2.05, 4.69) is 23.2 Å². The summed E-state index contributed by atoms with van der Waals surface area (Å²) in [5, 5.41) is 3.06. The Morgan fingerprint density at radius 2 is 2.21 bits per heavy atom. The van der Waals surface area contributed by atoms with Crippen LogP contribution in [0.5, 0.6) is 0 Å². The highest BCUT2D eigenvalue weighted by Crippen LogP contribution is 2.47. The summed E-state index contributed by atoms with van der Waals surface area (Å²) in [5.74, 6) is 0.688. The van der Waals surface area contributed by atoms with E-state index in [9.17, 15) is 9.59 Å². The number of nitrogens with zero attached hydrogens (tertiary/aromatic N) is 2. The van der Waals surface area contributed by atoms with Gasteiger partial charge in [-0.2, -0.15) is 0 Å². The van der Waals surface area contributed by atoms with Gasteiger partial charge in [0.25, 0.3) is 0 Å². The second-order valence-corrected chi connectivity index (χ2v) is 8.65. The number of carbonyl (C=O) groups is 2. The third kappa shape index (κ3) is 3.17. The minimum absolute atomic E-state index is 0.0784. The summed E-state index contributed by atoms with van der Waals surface area (Å²) in [6.07, 6.45) is 1.38. The molecule has 2 unspecified atom stereocenters. The molecular weight excluding hydrogens is 322 g/mol. The van der Waals surface area contributed by atoms with Crippen molar-refractivity contribution in [1.82, 2.24) is 9.80 Å². The Morgan fingerprint density at radius 3 is 2.92 bits per heavy atom. The monoisotopic (exact) mass is 347 g/mol. The quantitative estimate of drug-likeness (QED) is 0.909. The van der Waals surface area contributed by atoms with Gasteiger partial charge < -0.3 is 15.1 Å². The predicted molar refractivity (Wildman–Crippen MR) is 97.9 cm³/mol. The molecule has 24 heavy (non-hydrogen) atoms. The molecule has 2 aliphatic rings. The predicted octanol–water partition coefficient (Wildman–Crippen LogP) is 2.45. The summed E-state index contributed by atoms with van der Waals surface area (Å²) >= 11 is 1.72. The summed E-state index contributed by atoms with van der Waals surface area (Å²) in [6, 6.07) is 5.69. The lowest BCUT2D eigenvalue weighted by atomic mass is 10.1. The first-order valence-corrected chi connectivity index (χ1v) is 9.30. The Hall–Kier alpha value is -1.53. The Bertz CT molecular complexity index is 676. The van der Waals surface area contributed by atoms with E-state index in [0.29, 0.717) is 12.2 Å². The van der Waals surface area contributed by atoms with Gasteiger partial charge in [0.1, 0.15) is 6.04 Å². The smallest absolute Gasteiger partial charge is 0.248 e. The standard InChI is InChI=1S/C18H25N3O2S/c1-12-5-6-14(13(9-12)10-20(3)4)19-17(23)15-11-24-18(2)8-7-16(22)21(15)18/h5-6,9,15H,7-8,10-11H2,1-4H3,(H,19,23). The van der Waals surface area contributed by atoms with Crippen molar-refractivity contribution in [3.8, 4) is 0 Å². The van der Waals surface area contributed by atoms with Crippen molar-refractivity contribution in [2.45, 2.75) is 44.1 Å². The van der Waals surface area contributed by atoms with E-state index in [0.717, 1.165) is 24.2 Å². The molecule has 6 heteroatoms. The molecule has 3 rings (SSSR count). The van der Waals surface area contributed by atoms with Gasteiger partial charge in [0.05, 0.1) is 4.87 Å². The van der Waals surface area contributed by atoms with E-state index in [1.807, 2.05) is 33.2 Å². The number of anilines is 1. The Morgan fingerprint density at radius 1 is 1.46 bits per heavy atom. The highest BCUT2D eigenvalue weighted by Gasteiger charge is 2.52. The van der Waals surface area contributed by atoms with Gasteiger partial charge in [-0.1, -0.05) is 17.7 Å². The zero-order valence-electron chi connectivity index (χ0n) is 14.8. The van der Waals surface area contributed by atoms with Crippen molar-refractivity contribution < 1.29 is 9.59 Å². The van der Waals surface area contributed by atoms with Gasteiger partial charge in [-0.3, -0.25) is 9.59 Å². The van der Waals surface area contributed by atoms with Gasteiger partial charge >= 0.3 is 0 Å². The molecule has 2 atom stereocenters. The van der Waals surface area contributed by atoms with Crippen LogP contribution in [0.2, 0.25) is 0 Å². The summed E-state index contributed by atoms with van der Waals surface area (Å²) in [7, 11) is 4.02. The van der Waals surface area contributed by atoms with Crippen LogP contribution >= 0.6 is 11.8 Å². The second-order valence-electron chi connectivity index (χ2n) is 7.15. The topological polar surface area (TPSA) is 52.7 Å². The minimum atomic E-state index is -0.372. The number of thioether (sulfide) groups is 1. The van der Waals surface area contributed by atoms with E-state index < -0.39 is 0 Å². The fourth-order valence-electron chi connectivity index (χ4n) is 3.55. The van der Waals surface area contributed by atoms with E-state index in [1.165, 1.54) is 5.56 Å². The Labute approximate surface area is 147 Å². The van der Waals surface area contributed by atoms with Crippen LogP contribution in [-0.4, -0.2) is 52.4 Å². The molecule has 0 aromatic heterocycles. The van der Waals surface area contributed by atoms with Crippen LogP contribution in [0.4, 0.5) is 5.69 Å². The first-order chi connectivity index (χ1) is 11.3. The largest absolute Gasteiger partial charge is 0.324 e. The lowest BCUT2D eigenvalue weighted by Crippen LogP contribution is -2.48. The number of rotatable bonds is 4. The molecule has 0 spiro atoms. The molecule has 0 bridgehead atoms. The maximum absolute atomic E-state index is 12.8. The number of benzene rings is 1. The fraction of sp³-hybridized carbons (Fsp3) is 0.556. The van der Waals surface area contributed by atoms with Crippen LogP contribution in [0.3, 0.4) is 0 Å². The normalized spacial score (nSPS) is 26.1. The van der Waals surface area contributed by atoms with Crippen LogP contribution in [0.25, 0.3) is 0 Å². The second kappa shape index (κ2) is 6.41. The molecule has 1 aromatic rings. The van der Waals surface area contributed by atoms with Crippen molar-refractivity contribution in [2.24, 2.45) is 0 Å². The molecule has 0 radical (unpaired) electrons. The van der Waals surface area contributed by atoms with E-state index in [4.69, 9.17) is 0 Å². The van der Waals surface area contributed by atoms with E-state index in [-0.39, 0.29) is 22.7 Å². The molecule has 2 fully saturated rings. The zero-order chi connectivity index (χ0) is 17.5. The van der Waals surface area contributed by atoms with Crippen LogP contribution in [0, 0.1) is 6.92 Å². The molecule has 1 aromatic carbocycles. The molecule has 0 aliphatic carbocycles. The van der Waals surface area contributed by atoms with E-state index in [1.54, 1.807) is 16.7 Å². The van der Waals surface area contributed by atoms with Gasteiger partial charge in [0.15, 0.2) is 0 Å². The molecule has 2 amide bonds.